The molecule has 154 valence electrons. The summed E-state index contributed by atoms with van der Waals surface area (Å²) in [6.07, 6.45) is 0. The Bertz CT molecular complexity index is 1080. The van der Waals surface area contributed by atoms with Gasteiger partial charge >= 0.3 is 5.97 Å². The minimum atomic E-state index is -0.431. The molecule has 0 radical (unpaired) electrons. The van der Waals surface area contributed by atoms with Gasteiger partial charge in [-0.3, -0.25) is 0 Å². The summed E-state index contributed by atoms with van der Waals surface area (Å²) >= 11 is 0. The Morgan fingerprint density at radius 3 is 1.90 bits per heavy atom. The van der Waals surface area contributed by atoms with Gasteiger partial charge in [0.25, 0.3) is 0 Å². The number of nitrogens with zero attached hydrogens (tertiary/aromatic N) is 1. The minimum Gasteiger partial charge on any atom is -0.496 e. The number of methoxy groups -OCH3 is 1. The normalized spacial score (nSPS) is 10.4. The molecule has 4 heteroatoms. The van der Waals surface area contributed by atoms with Crippen LogP contribution in [0.5, 0.6) is 11.5 Å². The summed E-state index contributed by atoms with van der Waals surface area (Å²) in [7, 11) is 1.67. The SMILES string of the molecule is C=C(C)C(=O)Oc1ccc(N(c2ccc(C)c(C)c2)c2ccc(OC)c(C)c2)cc1. The molecule has 0 atom stereocenters. The van der Waals surface area contributed by atoms with Crippen molar-refractivity contribution in [3.63, 3.8) is 0 Å². The van der Waals surface area contributed by atoms with Crippen molar-refractivity contribution in [1.29, 1.82) is 0 Å². The minimum absolute atomic E-state index is 0.365. The highest BCUT2D eigenvalue weighted by atomic mass is 16.5. The number of hydrogen-bond donors (Lipinski definition) is 0. The lowest BCUT2D eigenvalue weighted by Crippen LogP contribution is -2.11. The van der Waals surface area contributed by atoms with Gasteiger partial charge < -0.3 is 14.4 Å². The summed E-state index contributed by atoms with van der Waals surface area (Å²) in [6.45, 7) is 11.5. The second-order valence-electron chi connectivity index (χ2n) is 7.42. The third-order valence-electron chi connectivity index (χ3n) is 5.04. The van der Waals surface area contributed by atoms with Crippen molar-refractivity contribution < 1.29 is 14.3 Å². The Kier molecular flexibility index (Phi) is 6.26. The largest absolute Gasteiger partial charge is 0.496 e. The van der Waals surface area contributed by atoms with Gasteiger partial charge in [0.2, 0.25) is 0 Å². The summed E-state index contributed by atoms with van der Waals surface area (Å²) in [4.78, 5) is 14.0. The summed E-state index contributed by atoms with van der Waals surface area (Å²) in [6, 6.07) is 20.0. The van der Waals surface area contributed by atoms with E-state index in [1.165, 1.54) is 11.1 Å². The summed E-state index contributed by atoms with van der Waals surface area (Å²) in [5.41, 5.74) is 6.90. The van der Waals surface area contributed by atoms with Gasteiger partial charge in [-0.1, -0.05) is 12.6 Å². The standard InChI is InChI=1S/C26H27NO3/c1-17(2)26(28)30-24-12-9-21(10-13-24)27(22-8-7-18(3)19(4)15-22)23-11-14-25(29-6)20(5)16-23/h7-16H,1H2,2-6H3. The van der Waals surface area contributed by atoms with Crippen LogP contribution in [-0.2, 0) is 4.79 Å². The Labute approximate surface area is 178 Å². The molecule has 0 unspecified atom stereocenters. The molecule has 3 aromatic carbocycles. The quantitative estimate of drug-likeness (QED) is 0.266. The molecule has 0 heterocycles. The van der Waals surface area contributed by atoms with Crippen LogP contribution in [0.15, 0.2) is 72.8 Å². The predicted molar refractivity (Wildman–Crippen MR) is 122 cm³/mol. The van der Waals surface area contributed by atoms with E-state index in [9.17, 15) is 4.79 Å². The second-order valence-corrected chi connectivity index (χ2v) is 7.42. The molecule has 0 aliphatic rings. The molecule has 0 bridgehead atoms. The van der Waals surface area contributed by atoms with Crippen molar-refractivity contribution in [3.05, 3.63) is 89.5 Å². The van der Waals surface area contributed by atoms with Crippen LogP contribution in [0.2, 0.25) is 0 Å². The molecule has 0 spiro atoms. The van der Waals surface area contributed by atoms with Gasteiger partial charge in [-0.2, -0.15) is 0 Å². The topological polar surface area (TPSA) is 38.8 Å². The van der Waals surface area contributed by atoms with Crippen LogP contribution >= 0.6 is 0 Å². The molecule has 0 aliphatic heterocycles. The average Bonchev–Trinajstić information content (AvgIpc) is 2.72. The van der Waals surface area contributed by atoms with E-state index in [4.69, 9.17) is 9.47 Å². The molecular weight excluding hydrogens is 374 g/mol. The first-order valence-electron chi connectivity index (χ1n) is 9.80. The number of anilines is 3. The number of esters is 1. The van der Waals surface area contributed by atoms with E-state index in [2.05, 4.69) is 49.6 Å². The van der Waals surface area contributed by atoms with Gasteiger partial charge in [-0.15, -0.1) is 0 Å². The number of carbonyl (C=O) groups is 1. The van der Waals surface area contributed by atoms with E-state index in [1.54, 1.807) is 26.2 Å². The molecule has 3 aromatic rings. The molecule has 0 N–H and O–H groups in total. The lowest BCUT2D eigenvalue weighted by molar-refractivity contribution is -0.130. The first-order chi connectivity index (χ1) is 14.3. The molecule has 3 rings (SSSR count). The number of rotatable bonds is 6. The van der Waals surface area contributed by atoms with E-state index < -0.39 is 5.97 Å². The molecule has 0 fully saturated rings. The molecule has 0 amide bonds. The number of ether oxygens (including phenoxy) is 2. The number of hydrogen-bond acceptors (Lipinski definition) is 4. The Morgan fingerprint density at radius 2 is 1.37 bits per heavy atom. The Morgan fingerprint density at radius 1 is 0.800 bits per heavy atom. The van der Waals surface area contributed by atoms with Crippen LogP contribution in [0.3, 0.4) is 0 Å². The summed E-state index contributed by atoms with van der Waals surface area (Å²) in [5, 5.41) is 0. The zero-order chi connectivity index (χ0) is 21.8. The maximum atomic E-state index is 11.8. The molecule has 0 saturated carbocycles. The van der Waals surface area contributed by atoms with Crippen molar-refractivity contribution in [1.82, 2.24) is 0 Å². The molecular formula is C26H27NO3. The summed E-state index contributed by atoms with van der Waals surface area (Å²) < 4.78 is 10.8. The Hall–Kier alpha value is -3.53. The van der Waals surface area contributed by atoms with Crippen molar-refractivity contribution >= 4 is 23.0 Å². The van der Waals surface area contributed by atoms with Gasteiger partial charge in [0.15, 0.2) is 0 Å². The van der Waals surface area contributed by atoms with E-state index >= 15 is 0 Å². The van der Waals surface area contributed by atoms with Crippen LogP contribution in [0, 0.1) is 20.8 Å². The van der Waals surface area contributed by atoms with Crippen LogP contribution in [0.25, 0.3) is 0 Å². The monoisotopic (exact) mass is 401 g/mol. The van der Waals surface area contributed by atoms with Crippen molar-refractivity contribution in [3.8, 4) is 11.5 Å². The molecule has 0 aliphatic carbocycles. The maximum absolute atomic E-state index is 11.8. The predicted octanol–water partition coefficient (Wildman–Crippen LogP) is 6.57. The van der Waals surface area contributed by atoms with Crippen LogP contribution in [-0.4, -0.2) is 13.1 Å². The third kappa shape index (κ3) is 4.54. The maximum Gasteiger partial charge on any atom is 0.338 e. The smallest absolute Gasteiger partial charge is 0.338 e. The number of aryl methyl sites for hydroxylation is 3. The lowest BCUT2D eigenvalue weighted by Gasteiger charge is -2.27. The number of benzene rings is 3. The van der Waals surface area contributed by atoms with Gasteiger partial charge in [-0.25, -0.2) is 4.79 Å². The van der Waals surface area contributed by atoms with E-state index in [0.29, 0.717) is 11.3 Å². The first kappa shape index (κ1) is 21.2. The van der Waals surface area contributed by atoms with E-state index in [-0.39, 0.29) is 0 Å². The summed E-state index contributed by atoms with van der Waals surface area (Å²) in [5.74, 6) is 0.901. The lowest BCUT2D eigenvalue weighted by atomic mass is 10.1. The van der Waals surface area contributed by atoms with Crippen molar-refractivity contribution in [2.45, 2.75) is 27.7 Å². The molecule has 0 saturated heterocycles. The number of carbonyl (C=O) groups excluding carboxylic acids is 1. The highest BCUT2D eigenvalue weighted by Crippen LogP contribution is 2.37. The zero-order valence-electron chi connectivity index (χ0n) is 18.2. The fraction of sp³-hybridized carbons (Fsp3) is 0.192. The van der Waals surface area contributed by atoms with Gasteiger partial charge in [0, 0.05) is 22.6 Å². The van der Waals surface area contributed by atoms with Crippen molar-refractivity contribution in [2.75, 3.05) is 12.0 Å². The third-order valence-corrected chi connectivity index (χ3v) is 5.04. The van der Waals surface area contributed by atoms with Crippen LogP contribution in [0.1, 0.15) is 23.6 Å². The second kappa shape index (κ2) is 8.87. The van der Waals surface area contributed by atoms with Crippen molar-refractivity contribution in [2.24, 2.45) is 0 Å². The van der Waals surface area contributed by atoms with Crippen LogP contribution < -0.4 is 14.4 Å². The van der Waals surface area contributed by atoms with E-state index in [0.717, 1.165) is 28.4 Å². The molecule has 30 heavy (non-hydrogen) atoms. The highest BCUT2D eigenvalue weighted by Gasteiger charge is 2.15. The highest BCUT2D eigenvalue weighted by molar-refractivity contribution is 5.89. The fourth-order valence-corrected chi connectivity index (χ4v) is 3.17. The molecule has 0 aromatic heterocycles. The van der Waals surface area contributed by atoms with Gasteiger partial charge in [0.05, 0.1) is 7.11 Å². The van der Waals surface area contributed by atoms with Gasteiger partial charge in [0.1, 0.15) is 11.5 Å². The first-order valence-corrected chi connectivity index (χ1v) is 9.80. The van der Waals surface area contributed by atoms with Crippen LogP contribution in [0.4, 0.5) is 17.1 Å². The Balaban J connectivity index is 2.05. The fourth-order valence-electron chi connectivity index (χ4n) is 3.17. The zero-order valence-corrected chi connectivity index (χ0v) is 18.2. The molecule has 4 nitrogen and oxygen atoms in total. The van der Waals surface area contributed by atoms with E-state index in [1.807, 2.05) is 31.2 Å². The van der Waals surface area contributed by atoms with Gasteiger partial charge in [-0.05, 0) is 99.0 Å². The average molecular weight is 402 g/mol.